The SMILES string of the molecule is C[CH]([AlH2])C(C)(C)C. The van der Waals surface area contributed by atoms with Crippen LogP contribution in [0.3, 0.4) is 0 Å². The van der Waals surface area contributed by atoms with Gasteiger partial charge in [-0.2, -0.15) is 0 Å². The Morgan fingerprint density at radius 2 is 1.43 bits per heavy atom. The average molecular weight is 114 g/mol. The maximum absolute atomic E-state index is 2.31. The van der Waals surface area contributed by atoms with Gasteiger partial charge in [-0.25, -0.2) is 0 Å². The van der Waals surface area contributed by atoms with Crippen molar-refractivity contribution in [3.63, 3.8) is 0 Å². The average Bonchev–Trinajstić information content (AvgIpc) is 1.31. The zero-order valence-electron chi connectivity index (χ0n) is 6.08. The summed E-state index contributed by atoms with van der Waals surface area (Å²) < 4.78 is 0.937. The van der Waals surface area contributed by atoms with E-state index in [2.05, 4.69) is 27.7 Å². The van der Waals surface area contributed by atoms with Crippen LogP contribution in [0.25, 0.3) is 0 Å². The summed E-state index contributed by atoms with van der Waals surface area (Å²) in [4.78, 5) is 0. The van der Waals surface area contributed by atoms with E-state index >= 15 is 0 Å². The van der Waals surface area contributed by atoms with E-state index < -0.39 is 0 Å². The summed E-state index contributed by atoms with van der Waals surface area (Å²) in [6.07, 6.45) is 0. The Kier molecular flexibility index (Phi) is 2.37. The summed E-state index contributed by atoms with van der Waals surface area (Å²) in [5.74, 6) is 0. The summed E-state index contributed by atoms with van der Waals surface area (Å²) in [5, 5.41) is 0. The lowest BCUT2D eigenvalue weighted by Crippen LogP contribution is -2.10. The van der Waals surface area contributed by atoms with Crippen LogP contribution in [0.2, 0.25) is 4.78 Å². The van der Waals surface area contributed by atoms with Crippen molar-refractivity contribution in [2.45, 2.75) is 32.5 Å². The van der Waals surface area contributed by atoms with Gasteiger partial charge in [-0.05, 0) is 5.41 Å². The van der Waals surface area contributed by atoms with Crippen LogP contribution in [0.4, 0.5) is 0 Å². The Labute approximate surface area is 54.7 Å². The molecule has 0 heterocycles. The highest BCUT2D eigenvalue weighted by molar-refractivity contribution is 6.11. The highest BCUT2D eigenvalue weighted by Crippen LogP contribution is 2.26. The van der Waals surface area contributed by atoms with Crippen LogP contribution in [0.15, 0.2) is 0 Å². The summed E-state index contributed by atoms with van der Waals surface area (Å²) in [6, 6.07) is 0. The smallest absolute Gasteiger partial charge is 0.0882 e. The zero-order valence-corrected chi connectivity index (χ0v) is 8.08. The predicted octanol–water partition coefficient (Wildman–Crippen LogP) is 1.47. The van der Waals surface area contributed by atoms with Gasteiger partial charge in [-0.15, -0.1) is 0 Å². The molecule has 0 rings (SSSR count). The van der Waals surface area contributed by atoms with E-state index in [0.717, 1.165) is 4.78 Å². The maximum Gasteiger partial charge on any atom is 0.216 e. The normalized spacial score (nSPS) is 16.6. The molecule has 1 atom stereocenters. The lowest BCUT2D eigenvalue weighted by molar-refractivity contribution is 0.398. The fourth-order valence-electron chi connectivity index (χ4n) is 0. The second-order valence-electron chi connectivity index (χ2n) is 3.52. The first-order chi connectivity index (χ1) is 2.94. The van der Waals surface area contributed by atoms with E-state index in [4.69, 9.17) is 0 Å². The van der Waals surface area contributed by atoms with E-state index in [-0.39, 0.29) is 0 Å². The molecule has 0 bridgehead atoms. The highest BCUT2D eigenvalue weighted by atomic mass is 27.0. The summed E-state index contributed by atoms with van der Waals surface area (Å²) in [7, 11) is 0. The van der Waals surface area contributed by atoms with Crippen LogP contribution in [0.1, 0.15) is 27.7 Å². The van der Waals surface area contributed by atoms with Gasteiger partial charge in [-0.3, -0.25) is 0 Å². The molecule has 0 aliphatic heterocycles. The topological polar surface area (TPSA) is 0 Å². The standard InChI is InChI=1S/C6H13.Al.2H/c1-5-6(2,3)4;;;/h5H,1-4H3;;;. The number of hydrogen-bond acceptors (Lipinski definition) is 0. The molecule has 0 aliphatic carbocycles. The van der Waals surface area contributed by atoms with Gasteiger partial charge in [-0.1, -0.05) is 32.5 Å². The van der Waals surface area contributed by atoms with E-state index in [1.807, 2.05) is 0 Å². The maximum atomic E-state index is 2.31. The van der Waals surface area contributed by atoms with Crippen molar-refractivity contribution in [1.82, 2.24) is 0 Å². The first kappa shape index (κ1) is 7.53. The third-order valence-electron chi connectivity index (χ3n) is 1.73. The third-order valence-corrected chi connectivity index (χ3v) is 3.46. The van der Waals surface area contributed by atoms with Gasteiger partial charge in [0.1, 0.15) is 0 Å². The molecule has 42 valence electrons. The van der Waals surface area contributed by atoms with Gasteiger partial charge in [0.05, 0.1) is 0 Å². The van der Waals surface area contributed by atoms with Crippen molar-refractivity contribution in [2.24, 2.45) is 5.41 Å². The molecule has 0 fully saturated rings. The summed E-state index contributed by atoms with van der Waals surface area (Å²) in [6.45, 7) is 9.20. The second-order valence-corrected chi connectivity index (χ2v) is 5.25. The van der Waals surface area contributed by atoms with Crippen molar-refractivity contribution in [3.05, 3.63) is 0 Å². The lowest BCUT2D eigenvalue weighted by Gasteiger charge is -2.22. The molecule has 0 saturated carbocycles. The van der Waals surface area contributed by atoms with E-state index in [9.17, 15) is 0 Å². The predicted molar refractivity (Wildman–Crippen MR) is 37.4 cm³/mol. The van der Waals surface area contributed by atoms with Gasteiger partial charge < -0.3 is 0 Å². The second kappa shape index (κ2) is 2.20. The molecule has 0 aromatic heterocycles. The van der Waals surface area contributed by atoms with Crippen molar-refractivity contribution in [1.29, 1.82) is 0 Å². The molecule has 1 unspecified atom stereocenters. The first-order valence-electron chi connectivity index (χ1n) is 2.94. The van der Waals surface area contributed by atoms with E-state index in [0.29, 0.717) is 5.41 Å². The monoisotopic (exact) mass is 114 g/mol. The molecule has 0 spiro atoms. The molecule has 0 aromatic carbocycles. The molecule has 0 radical (unpaired) electrons. The van der Waals surface area contributed by atoms with Gasteiger partial charge in [0.15, 0.2) is 0 Å². The quantitative estimate of drug-likeness (QED) is 0.418. The minimum atomic E-state index is 0.562. The van der Waals surface area contributed by atoms with Crippen LogP contribution < -0.4 is 0 Å². The minimum Gasteiger partial charge on any atom is -0.0882 e. The van der Waals surface area contributed by atoms with Gasteiger partial charge in [0.25, 0.3) is 0 Å². The van der Waals surface area contributed by atoms with Crippen LogP contribution in [-0.2, 0) is 0 Å². The Hall–Kier alpha value is 0.532. The Morgan fingerprint density at radius 3 is 1.43 bits per heavy atom. The fraction of sp³-hybridized carbons (Fsp3) is 1.00. The lowest BCUT2D eigenvalue weighted by atomic mass is 9.93. The van der Waals surface area contributed by atoms with Crippen LogP contribution in [0.5, 0.6) is 0 Å². The Morgan fingerprint density at radius 1 is 1.29 bits per heavy atom. The minimum absolute atomic E-state index is 0.562. The zero-order chi connectivity index (χ0) is 6.08. The molecule has 0 aliphatic rings. The molecular weight excluding hydrogens is 99.0 g/mol. The first-order valence-corrected chi connectivity index (χ1v) is 4.10. The molecule has 0 saturated heterocycles. The fourth-order valence-corrected chi connectivity index (χ4v) is 0. The van der Waals surface area contributed by atoms with Crippen LogP contribution >= 0.6 is 0 Å². The molecule has 7 heavy (non-hydrogen) atoms. The Bertz CT molecular complexity index is 49.7. The van der Waals surface area contributed by atoms with Crippen molar-refractivity contribution < 1.29 is 0 Å². The third kappa shape index (κ3) is 3.14. The van der Waals surface area contributed by atoms with Crippen LogP contribution in [0, 0.1) is 5.41 Å². The molecule has 0 amide bonds. The summed E-state index contributed by atoms with van der Waals surface area (Å²) >= 11 is 1.33. The Balaban J connectivity index is 3.54. The van der Waals surface area contributed by atoms with Crippen LogP contribution in [-0.4, -0.2) is 16.3 Å². The molecule has 0 N–H and O–H groups in total. The highest BCUT2D eigenvalue weighted by Gasteiger charge is 2.13. The van der Waals surface area contributed by atoms with Gasteiger partial charge in [0, 0.05) is 0 Å². The molecular formula is C6H15Al. The van der Waals surface area contributed by atoms with Crippen molar-refractivity contribution in [3.8, 4) is 0 Å². The number of hydrogen-bond donors (Lipinski definition) is 0. The molecule has 0 aromatic rings. The van der Waals surface area contributed by atoms with E-state index in [1.54, 1.807) is 0 Å². The van der Waals surface area contributed by atoms with Crippen molar-refractivity contribution >= 4 is 16.3 Å². The van der Waals surface area contributed by atoms with E-state index in [1.165, 1.54) is 16.3 Å². The van der Waals surface area contributed by atoms with Gasteiger partial charge >= 0.3 is 0 Å². The molecule has 0 nitrogen and oxygen atoms in total. The number of rotatable bonds is 0. The largest absolute Gasteiger partial charge is 0.216 e. The van der Waals surface area contributed by atoms with Crippen molar-refractivity contribution in [2.75, 3.05) is 0 Å². The summed E-state index contributed by atoms with van der Waals surface area (Å²) in [5.41, 5.74) is 0.562. The van der Waals surface area contributed by atoms with Gasteiger partial charge in [0.2, 0.25) is 16.3 Å². The molecule has 1 heteroatoms.